The molecule has 0 amide bonds. The lowest BCUT2D eigenvalue weighted by atomic mass is 9.33. The van der Waals surface area contributed by atoms with E-state index in [1.807, 2.05) is 0 Å². The summed E-state index contributed by atoms with van der Waals surface area (Å²) in [6.45, 7) is 7.25. The van der Waals surface area contributed by atoms with E-state index in [2.05, 4.69) is 0 Å². The number of benzene rings is 9. The van der Waals surface area contributed by atoms with Crippen LogP contribution in [0.1, 0.15) is 102 Å². The van der Waals surface area contributed by atoms with Crippen LogP contribution in [0.4, 0.5) is 51.2 Å². The normalized spacial score (nSPS) is 19.8. The van der Waals surface area contributed by atoms with Crippen LogP contribution in [-0.2, 0) is 10.8 Å². The van der Waals surface area contributed by atoms with Crippen LogP contribution < -0.4 is 31.1 Å². The first-order valence-electron chi connectivity index (χ1n) is 37.5. The van der Waals surface area contributed by atoms with Crippen LogP contribution in [0.25, 0.3) is 38.6 Å². The molecule has 10 aromatic rings. The van der Waals surface area contributed by atoms with Gasteiger partial charge in [-0.05, 0) is 128 Å². The fourth-order valence-corrected chi connectivity index (χ4v) is 8.97. The average molecular weight is 920 g/mol. The van der Waals surface area contributed by atoms with E-state index >= 15 is 0 Å². The third-order valence-electron chi connectivity index (χ3n) is 12.2. The van der Waals surface area contributed by atoms with Gasteiger partial charge in [-0.2, -0.15) is 5.26 Å². The molecule has 0 fully saturated rings. The summed E-state index contributed by atoms with van der Waals surface area (Å²) in [5.41, 5.74) is -16.7. The van der Waals surface area contributed by atoms with Crippen molar-refractivity contribution in [1.82, 2.24) is 4.57 Å². The number of para-hydroxylation sites is 3. The molecule has 4 heterocycles. The van der Waals surface area contributed by atoms with E-state index in [4.69, 9.17) is 9.60 Å². The van der Waals surface area contributed by atoms with E-state index in [0.717, 1.165) is 9.47 Å². The van der Waals surface area contributed by atoms with Crippen LogP contribution in [0.15, 0.2) is 193 Å². The van der Waals surface area contributed by atoms with Gasteiger partial charge in [0.05, 0.1) is 83.6 Å². The van der Waals surface area contributed by atoms with Gasteiger partial charge < -0.3 is 19.3 Å². The summed E-state index contributed by atoms with van der Waals surface area (Å²) in [7, 11) is 0. The number of hydrogen-bond donors (Lipinski definition) is 0. The van der Waals surface area contributed by atoms with Crippen molar-refractivity contribution in [2.24, 2.45) is 0 Å². The van der Waals surface area contributed by atoms with Gasteiger partial charge in [-0.1, -0.05) is 156 Å². The van der Waals surface area contributed by atoms with E-state index in [0.29, 0.717) is 9.80 Å². The van der Waals surface area contributed by atoms with Crippen LogP contribution in [0, 0.1) is 11.3 Å². The number of hydrogen-bond acceptors (Lipinski definition) is 4. The van der Waals surface area contributed by atoms with Crippen molar-refractivity contribution in [3.8, 4) is 22.9 Å². The number of aromatic nitrogens is 1. The second-order valence-corrected chi connectivity index (χ2v) is 18.4. The largest absolute Gasteiger partial charge is 0.311 e. The Kier molecular flexibility index (Phi) is 4.26. The Hall–Kier alpha value is -8.27. The predicted octanol–water partition coefficient (Wildman–Crippen LogP) is 14.8. The number of nitrogens with zero attached hydrogens (tertiary/aromatic N) is 5. The van der Waals surface area contributed by atoms with Gasteiger partial charge in [0.1, 0.15) is 0 Å². The smallest absolute Gasteiger partial charge is 0.252 e. The molecule has 0 spiro atoms. The maximum Gasteiger partial charge on any atom is 0.252 e. The molecule has 0 radical (unpaired) electrons. The minimum absolute atomic E-state index is 0.191. The van der Waals surface area contributed by atoms with Gasteiger partial charge in [0.25, 0.3) is 6.71 Å². The first-order chi connectivity index (χ1) is 46.8. The van der Waals surface area contributed by atoms with Gasteiger partial charge in [-0.25, -0.2) is 0 Å². The Balaban J connectivity index is 1.32. The average Bonchev–Trinajstić information content (AvgIpc) is 1.65. The van der Waals surface area contributed by atoms with E-state index in [-0.39, 0.29) is 11.1 Å². The number of anilines is 9. The molecule has 0 atom stereocenters. The topological polar surface area (TPSA) is 38.4 Å². The van der Waals surface area contributed by atoms with Crippen molar-refractivity contribution in [2.75, 3.05) is 14.7 Å². The molecule has 3 aliphatic rings. The highest BCUT2D eigenvalue weighted by Gasteiger charge is 2.46. The molecule has 9 aromatic carbocycles. The van der Waals surface area contributed by atoms with Gasteiger partial charge in [0, 0.05) is 50.6 Å². The minimum Gasteiger partial charge on any atom is -0.311 e. The molecule has 3 aliphatic heterocycles. The summed E-state index contributed by atoms with van der Waals surface area (Å²) < 4.78 is 308. The van der Waals surface area contributed by atoms with E-state index in [1.54, 1.807) is 47.6 Å². The van der Waals surface area contributed by atoms with Crippen LogP contribution in [0.2, 0.25) is 0 Å². The third kappa shape index (κ3) is 6.16. The Bertz CT molecular complexity index is 5510. The van der Waals surface area contributed by atoms with Crippen molar-refractivity contribution < 1.29 is 43.9 Å². The molecule has 0 unspecified atom stereocenters. The van der Waals surface area contributed by atoms with Crippen LogP contribution in [-0.4, -0.2) is 11.3 Å². The standard InChI is InChI=1S/C63H50BN5/c1-62(2,3)43-24-30-45(31-25-43)66(46-32-26-44(27-33-46)63(4,5)6)48-34-35-51-56(38-48)67(47-28-22-42(23-29-47)41-14-8-7-9-15-41)57-36-40(39-65)37-58-59(57)64(51)52-18-13-21-55-61(52)69(58)54-20-12-17-50-49-16-10-11-19-53(49)68(55)60(50)54/h7-38H,1-6H3/i7D,8D,9D,10D,11D,12D,13D,14D,15D,16D,17D,18D,19D,20D,21D,22D,23D,24D,25D,26D,27D,28D,29D,30D,31D,32D,33D,34D,35D,36D,37D,38D. The van der Waals surface area contributed by atoms with Gasteiger partial charge in [-0.3, -0.25) is 0 Å². The van der Waals surface area contributed by atoms with E-state index in [1.165, 1.54) is 0 Å². The highest BCUT2D eigenvalue weighted by molar-refractivity contribution is 7.00. The minimum atomic E-state index is -2.18. The lowest BCUT2D eigenvalue weighted by molar-refractivity contribution is 0.590. The molecule has 0 aliphatic carbocycles. The summed E-state index contributed by atoms with van der Waals surface area (Å²) in [6.07, 6.45) is 0. The van der Waals surface area contributed by atoms with Gasteiger partial charge in [0.15, 0.2) is 0 Å². The summed E-state index contributed by atoms with van der Waals surface area (Å²) in [5, 5.41) is 10.6. The van der Waals surface area contributed by atoms with Crippen LogP contribution in [0.3, 0.4) is 0 Å². The maximum absolute atomic E-state index is 11.4. The maximum atomic E-state index is 11.4. The lowest BCUT2D eigenvalue weighted by Gasteiger charge is -2.46. The molecule has 5 nitrogen and oxygen atoms in total. The van der Waals surface area contributed by atoms with Crippen LogP contribution in [0.5, 0.6) is 0 Å². The molecule has 69 heavy (non-hydrogen) atoms. The molecule has 13 rings (SSSR count). The van der Waals surface area contributed by atoms with E-state index < -0.39 is 323 Å². The van der Waals surface area contributed by atoms with Gasteiger partial charge in [-0.15, -0.1) is 0 Å². The van der Waals surface area contributed by atoms with Crippen LogP contribution >= 0.6 is 0 Å². The molecule has 6 heteroatoms. The zero-order chi connectivity index (χ0) is 74.8. The third-order valence-corrected chi connectivity index (χ3v) is 12.2. The highest BCUT2D eigenvalue weighted by Crippen LogP contribution is 2.53. The molecular weight excluding hydrogens is 838 g/mol. The summed E-state index contributed by atoms with van der Waals surface area (Å²) in [6, 6.07) is -29.3. The fourth-order valence-electron chi connectivity index (χ4n) is 8.97. The zero-order valence-electron chi connectivity index (χ0n) is 69.3. The second kappa shape index (κ2) is 14.9. The monoisotopic (exact) mass is 920 g/mol. The zero-order valence-corrected chi connectivity index (χ0v) is 37.3. The Morgan fingerprint density at radius 3 is 1.74 bits per heavy atom. The van der Waals surface area contributed by atoms with Crippen molar-refractivity contribution in [3.63, 3.8) is 0 Å². The summed E-state index contributed by atoms with van der Waals surface area (Å²) in [5.74, 6) is 0. The molecule has 0 saturated carbocycles. The Morgan fingerprint density at radius 1 is 0.493 bits per heavy atom. The summed E-state index contributed by atoms with van der Waals surface area (Å²) in [4.78, 5) is 2.13. The first kappa shape index (κ1) is 19.8. The second-order valence-electron chi connectivity index (χ2n) is 18.4. The number of nitriles is 1. The van der Waals surface area contributed by atoms with Gasteiger partial charge >= 0.3 is 0 Å². The fraction of sp³-hybridized carbons (Fsp3) is 0.127. The first-order valence-corrected chi connectivity index (χ1v) is 21.5. The van der Waals surface area contributed by atoms with Crippen molar-refractivity contribution >= 4 is 96.1 Å². The molecule has 330 valence electrons. The predicted molar refractivity (Wildman–Crippen MR) is 291 cm³/mol. The highest BCUT2D eigenvalue weighted by atomic mass is 15.2. The molecule has 0 bridgehead atoms. The quantitative estimate of drug-likeness (QED) is 0.161. The summed E-state index contributed by atoms with van der Waals surface area (Å²) >= 11 is 0. The SMILES string of the molecule is [2H]c1c([2H])c([2H])c(-c2c([2H])c([2H])c(N3c4c([2H])c(N(c5c([2H])c([2H])c(C(C)(C)C)c([2H])c5[2H])c5c([2H])c([2H])c(C(C)(C)C)c([2H])c5[2H])c([2H])c([2H])c4B4c5c3c([2H])c(C#N)c([2H])c5N3c5c4c([2H])c([2H])c([2H])c5-n4c5c([2H])c([2H])c([2H])c([2H])c5c5c([2H])c([2H])c([2H])c3c54)c([2H])c2[2H])c([2H])c1[2H]. The van der Waals surface area contributed by atoms with Crippen molar-refractivity contribution in [2.45, 2.75) is 52.4 Å². The van der Waals surface area contributed by atoms with E-state index in [9.17, 15) is 39.5 Å². The molecule has 1 aromatic heterocycles. The Morgan fingerprint density at radius 2 is 1.07 bits per heavy atom. The van der Waals surface area contributed by atoms with Crippen molar-refractivity contribution in [1.29, 1.82) is 5.26 Å². The Labute approximate surface area is 449 Å². The molecular formula is C63H50BN5. The number of fused-ring (bicyclic) bond motifs is 9. The van der Waals surface area contributed by atoms with Gasteiger partial charge in [0.2, 0.25) is 0 Å². The molecule has 0 saturated heterocycles. The van der Waals surface area contributed by atoms with Crippen molar-refractivity contribution in [3.05, 3.63) is 210 Å². The number of rotatable bonds is 5. The lowest BCUT2D eigenvalue weighted by Crippen LogP contribution is -2.61. The molecule has 0 N–H and O–H groups in total.